The van der Waals surface area contributed by atoms with Gasteiger partial charge in [-0.1, -0.05) is 53.6 Å². The third-order valence-electron chi connectivity index (χ3n) is 4.55. The fourth-order valence-electron chi connectivity index (χ4n) is 2.92. The second-order valence-electron chi connectivity index (χ2n) is 6.77. The molecule has 0 aliphatic heterocycles. The number of hydrogen-bond acceptors (Lipinski definition) is 3. The average molecular weight is 396 g/mol. The van der Waals surface area contributed by atoms with Gasteiger partial charge in [0.1, 0.15) is 6.61 Å². The molecule has 0 unspecified atom stereocenters. The number of halogens is 1. The summed E-state index contributed by atoms with van der Waals surface area (Å²) in [6, 6.07) is 20.4. The molecule has 0 fully saturated rings. The monoisotopic (exact) mass is 395 g/mol. The third-order valence-corrected chi connectivity index (χ3v) is 4.83. The van der Waals surface area contributed by atoms with E-state index in [2.05, 4.69) is 55.6 Å². The molecule has 3 aromatic carbocycles. The Bertz CT molecular complexity index is 922. The largest absolute Gasteiger partial charge is 0.490 e. The molecular weight excluding hydrogens is 370 g/mol. The van der Waals surface area contributed by atoms with Gasteiger partial charge < -0.3 is 14.8 Å². The molecule has 3 nitrogen and oxygen atoms in total. The zero-order valence-corrected chi connectivity index (χ0v) is 17.3. The Kier molecular flexibility index (Phi) is 6.83. The van der Waals surface area contributed by atoms with Crippen LogP contribution in [0.3, 0.4) is 0 Å². The number of ether oxygens (including phenoxy) is 2. The van der Waals surface area contributed by atoms with Gasteiger partial charge in [0.15, 0.2) is 11.5 Å². The molecule has 0 spiro atoms. The van der Waals surface area contributed by atoms with E-state index in [9.17, 15) is 0 Å². The Morgan fingerprint density at radius 3 is 2.39 bits per heavy atom. The van der Waals surface area contributed by atoms with Crippen LogP contribution in [0.25, 0.3) is 0 Å². The first-order valence-corrected chi connectivity index (χ1v) is 9.87. The van der Waals surface area contributed by atoms with Crippen molar-refractivity contribution in [2.75, 3.05) is 11.9 Å². The summed E-state index contributed by atoms with van der Waals surface area (Å²) in [6.45, 7) is 7.76. The fourth-order valence-corrected chi connectivity index (χ4v) is 3.21. The fraction of sp³-hybridized carbons (Fsp3) is 0.250. The average Bonchev–Trinajstić information content (AvgIpc) is 2.68. The van der Waals surface area contributed by atoms with Gasteiger partial charge >= 0.3 is 0 Å². The minimum atomic E-state index is 0.452. The highest BCUT2D eigenvalue weighted by Gasteiger charge is 2.13. The highest BCUT2D eigenvalue weighted by molar-refractivity contribution is 6.32. The number of nitrogens with one attached hydrogen (secondary N) is 1. The van der Waals surface area contributed by atoms with E-state index < -0.39 is 0 Å². The zero-order valence-electron chi connectivity index (χ0n) is 16.6. The van der Waals surface area contributed by atoms with Crippen LogP contribution in [-0.2, 0) is 13.2 Å². The van der Waals surface area contributed by atoms with Gasteiger partial charge in [-0.25, -0.2) is 0 Å². The summed E-state index contributed by atoms with van der Waals surface area (Å²) in [5.74, 6) is 1.26. The van der Waals surface area contributed by atoms with Crippen LogP contribution in [-0.4, -0.2) is 6.61 Å². The molecule has 0 amide bonds. The third kappa shape index (κ3) is 5.20. The highest BCUT2D eigenvalue weighted by atomic mass is 35.5. The maximum absolute atomic E-state index is 6.55. The van der Waals surface area contributed by atoms with Gasteiger partial charge in [0.05, 0.1) is 11.6 Å². The van der Waals surface area contributed by atoms with Crippen molar-refractivity contribution < 1.29 is 9.47 Å². The van der Waals surface area contributed by atoms with Crippen molar-refractivity contribution in [2.45, 2.75) is 33.9 Å². The number of rotatable bonds is 8. The number of anilines is 1. The van der Waals surface area contributed by atoms with Gasteiger partial charge in [-0.05, 0) is 61.7 Å². The summed E-state index contributed by atoms with van der Waals surface area (Å²) in [6.07, 6.45) is 0. The quantitative estimate of drug-likeness (QED) is 0.469. The van der Waals surface area contributed by atoms with Crippen LogP contribution in [0.4, 0.5) is 5.69 Å². The van der Waals surface area contributed by atoms with Gasteiger partial charge in [0.25, 0.3) is 0 Å². The van der Waals surface area contributed by atoms with Crippen LogP contribution in [0.15, 0.2) is 60.7 Å². The van der Waals surface area contributed by atoms with Crippen molar-refractivity contribution in [1.29, 1.82) is 0 Å². The standard InChI is InChI=1S/C24H26ClNO2/c1-4-27-23-14-19(15-26-21-11-9-17(2)10-12-21)13-22(25)24(23)28-16-20-8-6-5-7-18(20)3/h5-14,26H,4,15-16H2,1-3H3. The van der Waals surface area contributed by atoms with Crippen molar-refractivity contribution >= 4 is 17.3 Å². The van der Waals surface area contributed by atoms with Crippen LogP contribution in [0, 0.1) is 13.8 Å². The molecule has 0 saturated heterocycles. The Morgan fingerprint density at radius 2 is 1.68 bits per heavy atom. The topological polar surface area (TPSA) is 30.5 Å². The SMILES string of the molecule is CCOc1cc(CNc2ccc(C)cc2)cc(Cl)c1OCc1ccccc1C. The van der Waals surface area contributed by atoms with Gasteiger partial charge in [0.2, 0.25) is 0 Å². The molecule has 0 aliphatic rings. The van der Waals surface area contributed by atoms with Crippen molar-refractivity contribution in [2.24, 2.45) is 0 Å². The van der Waals surface area contributed by atoms with E-state index >= 15 is 0 Å². The second-order valence-corrected chi connectivity index (χ2v) is 7.18. The van der Waals surface area contributed by atoms with Crippen LogP contribution in [0.2, 0.25) is 5.02 Å². The van der Waals surface area contributed by atoms with E-state index in [1.165, 1.54) is 11.1 Å². The molecule has 3 rings (SSSR count). The van der Waals surface area contributed by atoms with Gasteiger partial charge in [-0.3, -0.25) is 0 Å². The molecule has 0 saturated carbocycles. The van der Waals surface area contributed by atoms with Crippen LogP contribution < -0.4 is 14.8 Å². The normalized spacial score (nSPS) is 10.6. The lowest BCUT2D eigenvalue weighted by Gasteiger charge is -2.16. The number of hydrogen-bond donors (Lipinski definition) is 1. The smallest absolute Gasteiger partial charge is 0.180 e. The molecular formula is C24H26ClNO2. The minimum Gasteiger partial charge on any atom is -0.490 e. The summed E-state index contributed by atoms with van der Waals surface area (Å²) in [5.41, 5.74) is 5.67. The predicted octanol–water partition coefficient (Wildman–Crippen LogP) is 6.55. The van der Waals surface area contributed by atoms with Gasteiger partial charge in [0, 0.05) is 12.2 Å². The van der Waals surface area contributed by atoms with E-state index in [4.69, 9.17) is 21.1 Å². The van der Waals surface area contributed by atoms with E-state index in [1.54, 1.807) is 0 Å². The van der Waals surface area contributed by atoms with E-state index in [0.29, 0.717) is 36.3 Å². The summed E-state index contributed by atoms with van der Waals surface area (Å²) < 4.78 is 11.8. The van der Waals surface area contributed by atoms with Crippen LogP contribution in [0.1, 0.15) is 29.2 Å². The molecule has 1 N–H and O–H groups in total. The predicted molar refractivity (Wildman–Crippen MR) is 117 cm³/mol. The summed E-state index contributed by atoms with van der Waals surface area (Å²) in [4.78, 5) is 0. The summed E-state index contributed by atoms with van der Waals surface area (Å²) >= 11 is 6.55. The highest BCUT2D eigenvalue weighted by Crippen LogP contribution is 2.37. The van der Waals surface area contributed by atoms with Crippen molar-refractivity contribution in [3.05, 3.63) is 87.9 Å². The minimum absolute atomic E-state index is 0.452. The zero-order chi connectivity index (χ0) is 19.9. The first kappa shape index (κ1) is 20.1. The second kappa shape index (κ2) is 9.52. The van der Waals surface area contributed by atoms with Crippen LogP contribution in [0.5, 0.6) is 11.5 Å². The van der Waals surface area contributed by atoms with Crippen molar-refractivity contribution in [1.82, 2.24) is 0 Å². The lowest BCUT2D eigenvalue weighted by Crippen LogP contribution is -2.04. The molecule has 0 radical (unpaired) electrons. The molecule has 0 atom stereocenters. The van der Waals surface area contributed by atoms with Gasteiger partial charge in [-0.15, -0.1) is 0 Å². The van der Waals surface area contributed by atoms with E-state index in [0.717, 1.165) is 16.8 Å². The first-order chi connectivity index (χ1) is 13.6. The molecule has 4 heteroatoms. The number of benzene rings is 3. The first-order valence-electron chi connectivity index (χ1n) is 9.50. The van der Waals surface area contributed by atoms with E-state index in [-0.39, 0.29) is 0 Å². The molecule has 0 aliphatic carbocycles. The Labute approximate surface area is 172 Å². The molecule has 0 bridgehead atoms. The van der Waals surface area contributed by atoms with Crippen molar-refractivity contribution in [3.63, 3.8) is 0 Å². The number of aryl methyl sites for hydroxylation is 2. The Balaban J connectivity index is 1.75. The summed E-state index contributed by atoms with van der Waals surface area (Å²) in [7, 11) is 0. The lowest BCUT2D eigenvalue weighted by atomic mass is 10.1. The molecule has 28 heavy (non-hydrogen) atoms. The molecule has 0 heterocycles. The lowest BCUT2D eigenvalue weighted by molar-refractivity contribution is 0.269. The molecule has 3 aromatic rings. The van der Waals surface area contributed by atoms with Crippen molar-refractivity contribution in [3.8, 4) is 11.5 Å². The maximum Gasteiger partial charge on any atom is 0.180 e. The molecule has 146 valence electrons. The van der Waals surface area contributed by atoms with Crippen LogP contribution >= 0.6 is 11.6 Å². The Hall–Kier alpha value is -2.65. The maximum atomic E-state index is 6.55. The summed E-state index contributed by atoms with van der Waals surface area (Å²) in [5, 5.41) is 3.97. The van der Waals surface area contributed by atoms with Gasteiger partial charge in [-0.2, -0.15) is 0 Å². The molecule has 0 aromatic heterocycles. The van der Waals surface area contributed by atoms with E-state index in [1.807, 2.05) is 31.2 Å². The Morgan fingerprint density at radius 1 is 0.929 bits per heavy atom.